The molecule has 16 heavy (non-hydrogen) atoms. The third-order valence-corrected chi connectivity index (χ3v) is 2.51. The van der Waals surface area contributed by atoms with Crippen LogP contribution in [0.4, 0.5) is 4.79 Å². The Labute approximate surface area is 99.5 Å². The molecule has 0 aliphatic heterocycles. The lowest BCUT2D eigenvalue weighted by atomic mass is 10.2. The van der Waals surface area contributed by atoms with Gasteiger partial charge in [0.1, 0.15) is 0 Å². The van der Waals surface area contributed by atoms with E-state index in [1.165, 1.54) is 31.9 Å². The van der Waals surface area contributed by atoms with E-state index in [0.29, 0.717) is 13.1 Å². The van der Waals surface area contributed by atoms with E-state index in [1.807, 2.05) is 19.9 Å². The van der Waals surface area contributed by atoms with Gasteiger partial charge in [-0.3, -0.25) is 0 Å². The molecule has 1 amide bonds. The van der Waals surface area contributed by atoms with Crippen LogP contribution >= 0.6 is 0 Å². The fraction of sp³-hybridized carbons (Fsp3) is 0.769. The second-order valence-corrected chi connectivity index (χ2v) is 3.78. The summed E-state index contributed by atoms with van der Waals surface area (Å²) in [6, 6.07) is 0. The molecule has 0 heterocycles. The minimum Gasteiger partial charge on any atom is -0.419 e. The van der Waals surface area contributed by atoms with Crippen LogP contribution in [0.2, 0.25) is 0 Å². The summed E-state index contributed by atoms with van der Waals surface area (Å²) < 4.78 is 5.00. The smallest absolute Gasteiger partial charge is 0.414 e. The molecule has 0 unspecified atom stereocenters. The highest BCUT2D eigenvalue weighted by Crippen LogP contribution is 2.03. The maximum Gasteiger partial charge on any atom is 0.414 e. The van der Waals surface area contributed by atoms with Gasteiger partial charge in [-0.05, 0) is 32.8 Å². The van der Waals surface area contributed by atoms with Crippen molar-refractivity contribution in [3.63, 3.8) is 0 Å². The standard InChI is InChI=1S/C13H25NO2/c1-4-7-8-9-10-11-12-16-13(15)14(5-2)6-3/h11-12H,4-10H2,1-3H3/b12-11+. The molecular formula is C13H25NO2. The highest BCUT2D eigenvalue weighted by Gasteiger charge is 2.07. The van der Waals surface area contributed by atoms with Crippen molar-refractivity contribution in [2.24, 2.45) is 0 Å². The van der Waals surface area contributed by atoms with Gasteiger partial charge in [0.2, 0.25) is 0 Å². The first-order chi connectivity index (χ1) is 7.76. The summed E-state index contributed by atoms with van der Waals surface area (Å²) in [7, 11) is 0. The zero-order valence-corrected chi connectivity index (χ0v) is 10.9. The Morgan fingerprint density at radius 3 is 2.38 bits per heavy atom. The SMILES string of the molecule is CCCCCC/C=C/OC(=O)N(CC)CC. The Morgan fingerprint density at radius 2 is 1.81 bits per heavy atom. The van der Waals surface area contributed by atoms with Crippen molar-refractivity contribution < 1.29 is 9.53 Å². The fourth-order valence-electron chi connectivity index (χ4n) is 1.42. The number of amides is 1. The molecule has 3 heteroatoms. The van der Waals surface area contributed by atoms with Crippen LogP contribution in [0, 0.1) is 0 Å². The first-order valence-electron chi connectivity index (χ1n) is 6.36. The van der Waals surface area contributed by atoms with Crippen LogP contribution in [0.25, 0.3) is 0 Å². The van der Waals surface area contributed by atoms with E-state index in [-0.39, 0.29) is 6.09 Å². The Morgan fingerprint density at radius 1 is 1.12 bits per heavy atom. The number of allylic oxidation sites excluding steroid dienone is 1. The van der Waals surface area contributed by atoms with E-state index >= 15 is 0 Å². The highest BCUT2D eigenvalue weighted by molar-refractivity contribution is 5.68. The lowest BCUT2D eigenvalue weighted by Gasteiger charge is -2.16. The predicted molar refractivity (Wildman–Crippen MR) is 67.3 cm³/mol. The molecule has 0 fully saturated rings. The van der Waals surface area contributed by atoms with Crippen molar-refractivity contribution in [2.75, 3.05) is 13.1 Å². The van der Waals surface area contributed by atoms with Gasteiger partial charge in [-0.15, -0.1) is 0 Å². The molecule has 0 aromatic carbocycles. The number of hydrogen-bond donors (Lipinski definition) is 0. The zero-order valence-electron chi connectivity index (χ0n) is 10.9. The van der Waals surface area contributed by atoms with Crippen molar-refractivity contribution in [1.82, 2.24) is 4.90 Å². The predicted octanol–water partition coefficient (Wildman–Crippen LogP) is 3.95. The lowest BCUT2D eigenvalue weighted by Crippen LogP contribution is -2.29. The minimum absolute atomic E-state index is 0.255. The van der Waals surface area contributed by atoms with Crippen molar-refractivity contribution in [3.05, 3.63) is 12.3 Å². The molecule has 0 spiro atoms. The summed E-state index contributed by atoms with van der Waals surface area (Å²) >= 11 is 0. The lowest BCUT2D eigenvalue weighted by molar-refractivity contribution is 0.141. The summed E-state index contributed by atoms with van der Waals surface area (Å²) in [6.07, 6.45) is 9.15. The maximum atomic E-state index is 11.4. The van der Waals surface area contributed by atoms with Crippen LogP contribution in [0.1, 0.15) is 52.9 Å². The molecule has 0 aliphatic carbocycles. The van der Waals surface area contributed by atoms with Crippen LogP contribution in [0.3, 0.4) is 0 Å². The van der Waals surface area contributed by atoms with Crippen LogP contribution in [-0.2, 0) is 4.74 Å². The van der Waals surface area contributed by atoms with Crippen molar-refractivity contribution >= 4 is 6.09 Å². The van der Waals surface area contributed by atoms with Gasteiger partial charge in [-0.1, -0.05) is 26.2 Å². The molecule has 0 aromatic heterocycles. The Kier molecular flexibility index (Phi) is 9.87. The van der Waals surface area contributed by atoms with Crippen LogP contribution < -0.4 is 0 Å². The molecule has 0 saturated carbocycles. The van der Waals surface area contributed by atoms with Gasteiger partial charge < -0.3 is 9.64 Å². The molecule has 0 rings (SSSR count). The van der Waals surface area contributed by atoms with Crippen LogP contribution in [0.5, 0.6) is 0 Å². The van der Waals surface area contributed by atoms with Gasteiger partial charge in [-0.25, -0.2) is 4.79 Å². The molecule has 0 bridgehead atoms. The quantitative estimate of drug-likeness (QED) is 0.464. The van der Waals surface area contributed by atoms with E-state index in [4.69, 9.17) is 4.74 Å². The third-order valence-electron chi connectivity index (χ3n) is 2.51. The van der Waals surface area contributed by atoms with E-state index in [1.54, 1.807) is 4.90 Å². The largest absolute Gasteiger partial charge is 0.419 e. The average molecular weight is 227 g/mol. The summed E-state index contributed by atoms with van der Waals surface area (Å²) in [5.41, 5.74) is 0. The molecule has 94 valence electrons. The van der Waals surface area contributed by atoms with E-state index in [2.05, 4.69) is 6.92 Å². The number of rotatable bonds is 8. The molecule has 0 aliphatic rings. The van der Waals surface area contributed by atoms with E-state index in [9.17, 15) is 4.79 Å². The zero-order chi connectivity index (χ0) is 12.2. The topological polar surface area (TPSA) is 29.5 Å². The summed E-state index contributed by atoms with van der Waals surface area (Å²) in [5.74, 6) is 0. The average Bonchev–Trinajstić information content (AvgIpc) is 2.29. The van der Waals surface area contributed by atoms with E-state index < -0.39 is 0 Å². The number of nitrogens with zero attached hydrogens (tertiary/aromatic N) is 1. The molecule has 0 atom stereocenters. The summed E-state index contributed by atoms with van der Waals surface area (Å²) in [5, 5.41) is 0. The monoisotopic (exact) mass is 227 g/mol. The Hall–Kier alpha value is -0.990. The molecule has 0 aromatic rings. The molecule has 0 N–H and O–H groups in total. The molecule has 3 nitrogen and oxygen atoms in total. The minimum atomic E-state index is -0.255. The van der Waals surface area contributed by atoms with Gasteiger partial charge in [0.15, 0.2) is 0 Å². The van der Waals surface area contributed by atoms with Crippen LogP contribution in [-0.4, -0.2) is 24.1 Å². The summed E-state index contributed by atoms with van der Waals surface area (Å²) in [4.78, 5) is 13.0. The van der Waals surface area contributed by atoms with Crippen LogP contribution in [0.15, 0.2) is 12.3 Å². The van der Waals surface area contributed by atoms with Gasteiger partial charge in [0.25, 0.3) is 0 Å². The fourth-order valence-corrected chi connectivity index (χ4v) is 1.42. The second kappa shape index (κ2) is 10.5. The first kappa shape index (κ1) is 15.0. The van der Waals surface area contributed by atoms with Crippen molar-refractivity contribution in [1.29, 1.82) is 0 Å². The number of carbonyl (C=O) groups is 1. The van der Waals surface area contributed by atoms with Crippen molar-refractivity contribution in [3.8, 4) is 0 Å². The van der Waals surface area contributed by atoms with Gasteiger partial charge in [0.05, 0.1) is 6.26 Å². The second-order valence-electron chi connectivity index (χ2n) is 3.78. The molecule has 0 radical (unpaired) electrons. The Balaban J connectivity index is 3.55. The van der Waals surface area contributed by atoms with Gasteiger partial charge in [0, 0.05) is 13.1 Å². The number of hydrogen-bond acceptors (Lipinski definition) is 2. The van der Waals surface area contributed by atoms with Crippen molar-refractivity contribution in [2.45, 2.75) is 52.9 Å². The third kappa shape index (κ3) is 7.32. The maximum absolute atomic E-state index is 11.4. The van der Waals surface area contributed by atoms with Gasteiger partial charge >= 0.3 is 6.09 Å². The molecule has 0 saturated heterocycles. The first-order valence-corrected chi connectivity index (χ1v) is 6.36. The highest BCUT2D eigenvalue weighted by atomic mass is 16.5. The Bertz CT molecular complexity index is 198. The molecular weight excluding hydrogens is 202 g/mol. The van der Waals surface area contributed by atoms with E-state index in [0.717, 1.165) is 6.42 Å². The number of ether oxygens (including phenoxy) is 1. The normalized spacial score (nSPS) is 10.7. The number of unbranched alkanes of at least 4 members (excludes halogenated alkanes) is 4. The number of carbonyl (C=O) groups excluding carboxylic acids is 1. The summed E-state index contributed by atoms with van der Waals surface area (Å²) in [6.45, 7) is 7.47. The van der Waals surface area contributed by atoms with Gasteiger partial charge in [-0.2, -0.15) is 0 Å².